The first-order chi connectivity index (χ1) is 9.93. The number of nitrogens with one attached hydrogen (secondary N) is 1. The van der Waals surface area contributed by atoms with Gasteiger partial charge in [0, 0.05) is 17.1 Å². The first-order valence-corrected chi connectivity index (χ1v) is 7.73. The molecule has 0 aliphatic rings. The highest BCUT2D eigenvalue weighted by Crippen LogP contribution is 2.29. The van der Waals surface area contributed by atoms with Crippen molar-refractivity contribution in [1.29, 1.82) is 0 Å². The average molecular weight is 282 g/mol. The molecule has 1 N–H and O–H groups in total. The van der Waals surface area contributed by atoms with Crippen molar-refractivity contribution in [3.63, 3.8) is 0 Å². The minimum Gasteiger partial charge on any atom is -0.378 e. The van der Waals surface area contributed by atoms with E-state index in [9.17, 15) is 0 Å². The summed E-state index contributed by atoms with van der Waals surface area (Å²) in [6.45, 7) is 12.9. The second-order valence-electron chi connectivity index (χ2n) is 5.91. The zero-order valence-electron chi connectivity index (χ0n) is 14.0. The number of nitrogens with zero attached hydrogens (tertiary/aromatic N) is 1. The van der Waals surface area contributed by atoms with Gasteiger partial charge < -0.3 is 5.32 Å². The van der Waals surface area contributed by atoms with Crippen LogP contribution < -0.4 is 5.32 Å². The molecule has 0 saturated carbocycles. The van der Waals surface area contributed by atoms with Crippen LogP contribution in [0.1, 0.15) is 53.5 Å². The molecule has 0 bridgehead atoms. The van der Waals surface area contributed by atoms with Crippen LogP contribution in [0.3, 0.4) is 0 Å². The van der Waals surface area contributed by atoms with Gasteiger partial charge in [0.15, 0.2) is 0 Å². The van der Waals surface area contributed by atoms with E-state index < -0.39 is 0 Å². The Morgan fingerprint density at radius 3 is 2.43 bits per heavy atom. The van der Waals surface area contributed by atoms with Crippen LogP contribution in [0.5, 0.6) is 0 Å². The van der Waals surface area contributed by atoms with E-state index in [-0.39, 0.29) is 6.04 Å². The number of anilines is 1. The summed E-state index contributed by atoms with van der Waals surface area (Å²) < 4.78 is 0. The lowest BCUT2D eigenvalue weighted by Gasteiger charge is -2.23. The van der Waals surface area contributed by atoms with Gasteiger partial charge in [0.2, 0.25) is 0 Å². The Morgan fingerprint density at radius 2 is 1.81 bits per heavy atom. The Labute approximate surface area is 128 Å². The largest absolute Gasteiger partial charge is 0.378 e. The maximum absolute atomic E-state index is 4.62. The maximum Gasteiger partial charge on any atom is 0.0506 e. The minimum absolute atomic E-state index is 0.254. The molecule has 0 radical (unpaired) electrons. The number of aromatic nitrogens is 1. The van der Waals surface area contributed by atoms with Crippen molar-refractivity contribution >= 4 is 5.69 Å². The van der Waals surface area contributed by atoms with Gasteiger partial charge in [0.25, 0.3) is 0 Å². The lowest BCUT2D eigenvalue weighted by atomic mass is 9.98. The first-order valence-electron chi connectivity index (χ1n) is 7.73. The van der Waals surface area contributed by atoms with Crippen molar-refractivity contribution in [2.45, 2.75) is 54.0 Å². The van der Waals surface area contributed by atoms with E-state index >= 15 is 0 Å². The molecule has 0 aliphatic heterocycles. The van der Waals surface area contributed by atoms with Crippen LogP contribution in [-0.4, -0.2) is 4.98 Å². The summed E-state index contributed by atoms with van der Waals surface area (Å²) in [6.07, 6.45) is 1.04. The summed E-state index contributed by atoms with van der Waals surface area (Å²) in [5.74, 6) is 0. The van der Waals surface area contributed by atoms with Crippen LogP contribution in [0.25, 0.3) is 0 Å². The van der Waals surface area contributed by atoms with Crippen LogP contribution in [0.15, 0.2) is 24.3 Å². The molecule has 2 nitrogen and oxygen atoms in total. The van der Waals surface area contributed by atoms with Gasteiger partial charge in [-0.2, -0.15) is 0 Å². The molecule has 0 aliphatic carbocycles. The van der Waals surface area contributed by atoms with E-state index in [0.29, 0.717) is 0 Å². The number of hydrogen-bond acceptors (Lipinski definition) is 2. The molecule has 2 aromatic rings. The van der Waals surface area contributed by atoms with Gasteiger partial charge in [0.05, 0.1) is 6.04 Å². The van der Waals surface area contributed by atoms with Gasteiger partial charge in [-0.25, -0.2) is 0 Å². The molecule has 0 saturated heterocycles. The maximum atomic E-state index is 4.62. The number of benzene rings is 1. The minimum atomic E-state index is 0.254. The van der Waals surface area contributed by atoms with Crippen LogP contribution in [-0.2, 0) is 6.42 Å². The lowest BCUT2D eigenvalue weighted by molar-refractivity contribution is 0.838. The van der Waals surface area contributed by atoms with Gasteiger partial charge in [-0.3, -0.25) is 4.98 Å². The first kappa shape index (κ1) is 15.6. The third-order valence-corrected chi connectivity index (χ3v) is 4.12. The van der Waals surface area contributed by atoms with Crippen LogP contribution in [0.2, 0.25) is 0 Å². The van der Waals surface area contributed by atoms with E-state index in [2.05, 4.69) is 76.1 Å². The molecule has 1 heterocycles. The highest BCUT2D eigenvalue weighted by Gasteiger charge is 2.15. The smallest absolute Gasteiger partial charge is 0.0506 e. The topological polar surface area (TPSA) is 24.9 Å². The Hall–Kier alpha value is -1.83. The fourth-order valence-electron chi connectivity index (χ4n) is 3.21. The van der Waals surface area contributed by atoms with Crippen molar-refractivity contribution in [2.75, 3.05) is 5.32 Å². The van der Waals surface area contributed by atoms with Crippen molar-refractivity contribution in [3.05, 3.63) is 57.9 Å². The van der Waals surface area contributed by atoms with Crippen molar-refractivity contribution < 1.29 is 0 Å². The normalized spacial score (nSPS) is 12.3. The summed E-state index contributed by atoms with van der Waals surface area (Å²) >= 11 is 0. The Balaban J connectivity index is 2.37. The number of rotatable bonds is 4. The number of hydrogen-bond donors (Lipinski definition) is 1. The average Bonchev–Trinajstić information content (AvgIpc) is 2.39. The number of para-hydroxylation sites is 1. The van der Waals surface area contributed by atoms with Gasteiger partial charge in [-0.05, 0) is 69.4 Å². The molecule has 1 unspecified atom stereocenters. The quantitative estimate of drug-likeness (QED) is 0.848. The predicted octanol–water partition coefficient (Wildman–Crippen LogP) is 5.05. The van der Waals surface area contributed by atoms with Gasteiger partial charge in [-0.1, -0.05) is 25.1 Å². The van der Waals surface area contributed by atoms with Crippen LogP contribution in [0, 0.1) is 27.7 Å². The molecule has 0 amide bonds. The molecule has 1 aromatic carbocycles. The molecule has 2 heteroatoms. The second kappa shape index (κ2) is 6.30. The molecule has 1 aromatic heterocycles. The SMILES string of the molecule is CCc1cccc(C)c1NC(C)c1c(C)cc(C)nc1C. The lowest BCUT2D eigenvalue weighted by Crippen LogP contribution is -2.13. The summed E-state index contributed by atoms with van der Waals surface area (Å²) in [5.41, 5.74) is 8.78. The van der Waals surface area contributed by atoms with Crippen molar-refractivity contribution in [3.8, 4) is 0 Å². The number of pyridine rings is 1. The molecule has 1 atom stereocenters. The van der Waals surface area contributed by atoms with Gasteiger partial charge >= 0.3 is 0 Å². The van der Waals surface area contributed by atoms with E-state index in [1.807, 2.05) is 0 Å². The molecular weight excluding hydrogens is 256 g/mol. The monoisotopic (exact) mass is 282 g/mol. The van der Waals surface area contributed by atoms with E-state index in [1.165, 1.54) is 27.9 Å². The summed E-state index contributed by atoms with van der Waals surface area (Å²) in [5, 5.41) is 3.71. The zero-order valence-corrected chi connectivity index (χ0v) is 14.0. The predicted molar refractivity (Wildman–Crippen MR) is 91.0 cm³/mol. The molecule has 21 heavy (non-hydrogen) atoms. The molecule has 2 rings (SSSR count). The van der Waals surface area contributed by atoms with Gasteiger partial charge in [0.1, 0.15) is 0 Å². The van der Waals surface area contributed by atoms with Gasteiger partial charge in [-0.15, -0.1) is 0 Å². The Morgan fingerprint density at radius 1 is 1.10 bits per heavy atom. The Bertz CT molecular complexity index is 621. The zero-order chi connectivity index (χ0) is 15.6. The van der Waals surface area contributed by atoms with E-state index in [0.717, 1.165) is 17.8 Å². The number of aryl methyl sites for hydroxylation is 5. The summed E-state index contributed by atoms with van der Waals surface area (Å²) in [6, 6.07) is 8.92. The highest BCUT2D eigenvalue weighted by molar-refractivity contribution is 5.58. The molecule has 0 fully saturated rings. The summed E-state index contributed by atoms with van der Waals surface area (Å²) in [7, 11) is 0. The van der Waals surface area contributed by atoms with Crippen LogP contribution in [0.4, 0.5) is 5.69 Å². The van der Waals surface area contributed by atoms with Crippen molar-refractivity contribution in [1.82, 2.24) is 4.98 Å². The molecular formula is C19H26N2. The molecule has 112 valence electrons. The second-order valence-corrected chi connectivity index (χ2v) is 5.91. The fraction of sp³-hybridized carbons (Fsp3) is 0.421. The van der Waals surface area contributed by atoms with Crippen LogP contribution >= 0.6 is 0 Å². The Kier molecular flexibility index (Phi) is 4.66. The highest BCUT2D eigenvalue weighted by atomic mass is 14.9. The third kappa shape index (κ3) is 3.26. The molecule has 0 spiro atoms. The fourth-order valence-corrected chi connectivity index (χ4v) is 3.21. The van der Waals surface area contributed by atoms with Crippen molar-refractivity contribution in [2.24, 2.45) is 0 Å². The summed E-state index contributed by atoms with van der Waals surface area (Å²) in [4.78, 5) is 4.62. The standard InChI is InChI=1S/C19H26N2/c1-7-17-10-8-9-12(2)19(17)21-16(6)18-13(3)11-14(4)20-15(18)5/h8-11,16,21H,7H2,1-6H3. The third-order valence-electron chi connectivity index (χ3n) is 4.12. The van der Waals surface area contributed by atoms with E-state index in [1.54, 1.807) is 0 Å². The van der Waals surface area contributed by atoms with E-state index in [4.69, 9.17) is 0 Å².